The molecule has 2 heterocycles. The van der Waals surface area contributed by atoms with Crippen molar-refractivity contribution in [1.82, 2.24) is 20.3 Å². The molecule has 0 atom stereocenters. The van der Waals surface area contributed by atoms with E-state index in [1.807, 2.05) is 30.3 Å². The average Bonchev–Trinajstić information content (AvgIpc) is 3.54. The number of benzene rings is 1. The van der Waals surface area contributed by atoms with Crippen LogP contribution < -0.4 is 16.6 Å². The number of H-pyrrole nitrogens is 1. The van der Waals surface area contributed by atoms with Crippen molar-refractivity contribution in [2.24, 2.45) is 0 Å². The number of nitrogens with two attached hydrogens (primary N) is 1. The molecule has 3 aromatic rings. The smallest absolute Gasteiger partial charge is 0.251 e. The summed E-state index contributed by atoms with van der Waals surface area (Å²) in [6.45, 7) is 0.809. The van der Waals surface area contributed by atoms with Crippen LogP contribution in [-0.4, -0.2) is 32.5 Å². The van der Waals surface area contributed by atoms with Gasteiger partial charge in [0.15, 0.2) is 11.6 Å². The molecule has 2 aliphatic rings. The van der Waals surface area contributed by atoms with Gasteiger partial charge in [-0.15, -0.1) is 0 Å². The Labute approximate surface area is 203 Å². The van der Waals surface area contributed by atoms with Crippen LogP contribution in [0.1, 0.15) is 78.0 Å². The lowest BCUT2D eigenvalue weighted by Gasteiger charge is -2.11. The number of aromatic nitrogens is 3. The van der Waals surface area contributed by atoms with Gasteiger partial charge in [-0.3, -0.25) is 9.59 Å². The van der Waals surface area contributed by atoms with Gasteiger partial charge in [-0.1, -0.05) is 37.1 Å². The summed E-state index contributed by atoms with van der Waals surface area (Å²) >= 11 is 0. The number of aromatic amines is 1. The predicted molar refractivity (Wildman–Crippen MR) is 136 cm³/mol. The molecule has 0 saturated heterocycles. The number of Topliss-reactive ketones (excluding diaryl/α,β-unsaturated/α-hetero) is 1. The van der Waals surface area contributed by atoms with E-state index in [2.05, 4.69) is 20.3 Å². The molecule has 1 aromatic carbocycles. The number of hydrogen-bond donors (Lipinski definition) is 4. The highest BCUT2D eigenvalue weighted by molar-refractivity contribution is 6.15. The second-order valence-electron chi connectivity index (χ2n) is 9.57. The minimum atomic E-state index is -0.359. The van der Waals surface area contributed by atoms with Crippen LogP contribution >= 0.6 is 0 Å². The van der Waals surface area contributed by atoms with Crippen LogP contribution in [0.2, 0.25) is 0 Å². The van der Waals surface area contributed by atoms with Crippen molar-refractivity contribution in [3.8, 4) is 11.3 Å². The zero-order valence-corrected chi connectivity index (χ0v) is 19.6. The molecule has 0 spiro atoms. The zero-order valence-electron chi connectivity index (χ0n) is 19.6. The number of ketones is 1. The summed E-state index contributed by atoms with van der Waals surface area (Å²) in [5.41, 5.74) is 9.92. The maximum atomic E-state index is 13.0. The van der Waals surface area contributed by atoms with Gasteiger partial charge in [-0.05, 0) is 48.8 Å². The molecule has 0 bridgehead atoms. The Balaban J connectivity index is 1.31. The van der Waals surface area contributed by atoms with E-state index in [1.165, 1.54) is 19.0 Å². The Morgan fingerprint density at radius 2 is 1.89 bits per heavy atom. The number of nitrogens with zero attached hydrogens (tertiary/aromatic N) is 2. The summed E-state index contributed by atoms with van der Waals surface area (Å²) in [6, 6.07) is 10.2. The first-order valence-electron chi connectivity index (χ1n) is 12.3. The second kappa shape index (κ2) is 9.92. The third kappa shape index (κ3) is 5.38. The van der Waals surface area contributed by atoms with Gasteiger partial charge in [-0.25, -0.2) is 9.97 Å². The van der Waals surface area contributed by atoms with Crippen molar-refractivity contribution in [2.75, 3.05) is 5.73 Å². The van der Waals surface area contributed by atoms with Gasteiger partial charge in [0.2, 0.25) is 0 Å². The molecule has 2 aliphatic carbocycles. The Morgan fingerprint density at radius 3 is 2.60 bits per heavy atom. The molecular formula is C27H30N6O2. The molecule has 35 heavy (non-hydrogen) atoms. The number of pyridine rings is 1. The van der Waals surface area contributed by atoms with E-state index in [0.717, 1.165) is 43.4 Å². The van der Waals surface area contributed by atoms with Crippen LogP contribution in [-0.2, 0) is 6.54 Å². The summed E-state index contributed by atoms with van der Waals surface area (Å²) in [6.07, 6.45) is 9.72. The molecule has 0 aliphatic heterocycles. The molecule has 8 nitrogen and oxygen atoms in total. The van der Waals surface area contributed by atoms with Crippen molar-refractivity contribution in [1.29, 1.82) is 5.41 Å². The standard InChI is InChI=1S/C27H30N6O2/c28-22(18-7-5-16(6-8-18)13-30-20-9-10-20)12-24(34)25-26(29)31-15-23(33-25)19-11-21(27(35)32-14-19)17-3-1-2-4-17/h5-8,11,14-15,17,20,28,30H,1-4,9-10,12-13H2,(H2,29,31)(H,32,35). The lowest BCUT2D eigenvalue weighted by atomic mass is 9.97. The van der Waals surface area contributed by atoms with Crippen LogP contribution in [0.25, 0.3) is 11.3 Å². The first-order chi connectivity index (χ1) is 17.0. The van der Waals surface area contributed by atoms with Crippen molar-refractivity contribution < 1.29 is 4.79 Å². The van der Waals surface area contributed by atoms with Gasteiger partial charge in [0.25, 0.3) is 5.56 Å². The lowest BCUT2D eigenvalue weighted by Crippen LogP contribution is -2.16. The SMILES string of the molecule is N=C(CC(=O)c1nc(-c2c[nH]c(=O)c(C3CCCC3)c2)cnc1N)c1ccc(CNC2CC2)cc1. The minimum absolute atomic E-state index is 0.0356. The van der Waals surface area contributed by atoms with Crippen LogP contribution in [0.15, 0.2) is 47.5 Å². The quantitative estimate of drug-likeness (QED) is 0.276. The lowest BCUT2D eigenvalue weighted by molar-refractivity contribution is 0.0996. The van der Waals surface area contributed by atoms with E-state index in [-0.39, 0.29) is 40.9 Å². The fourth-order valence-corrected chi connectivity index (χ4v) is 4.65. The molecule has 8 heteroatoms. The molecule has 2 saturated carbocycles. The van der Waals surface area contributed by atoms with Gasteiger partial charge < -0.3 is 21.4 Å². The summed E-state index contributed by atoms with van der Waals surface area (Å²) in [4.78, 5) is 36.9. The molecule has 0 unspecified atom stereocenters. The Hall–Kier alpha value is -3.65. The summed E-state index contributed by atoms with van der Waals surface area (Å²) in [7, 11) is 0. The third-order valence-corrected chi connectivity index (χ3v) is 6.90. The molecule has 5 rings (SSSR count). The fourth-order valence-electron chi connectivity index (χ4n) is 4.65. The number of hydrogen-bond acceptors (Lipinski definition) is 7. The molecule has 0 radical (unpaired) electrons. The van der Waals surface area contributed by atoms with E-state index >= 15 is 0 Å². The second-order valence-corrected chi connectivity index (χ2v) is 9.57. The van der Waals surface area contributed by atoms with Crippen molar-refractivity contribution >= 4 is 17.3 Å². The molecule has 180 valence electrons. The van der Waals surface area contributed by atoms with Crippen molar-refractivity contribution in [3.63, 3.8) is 0 Å². The molecule has 2 aromatic heterocycles. The monoisotopic (exact) mass is 470 g/mol. The highest BCUT2D eigenvalue weighted by atomic mass is 16.1. The fraction of sp³-hybridized carbons (Fsp3) is 0.370. The van der Waals surface area contributed by atoms with Gasteiger partial charge >= 0.3 is 0 Å². The summed E-state index contributed by atoms with van der Waals surface area (Å²) < 4.78 is 0. The largest absolute Gasteiger partial charge is 0.382 e. The van der Waals surface area contributed by atoms with Crippen LogP contribution in [0.3, 0.4) is 0 Å². The first-order valence-corrected chi connectivity index (χ1v) is 12.3. The number of carbonyl (C=O) groups excluding carboxylic acids is 1. The molecule has 0 amide bonds. The average molecular weight is 471 g/mol. The maximum Gasteiger partial charge on any atom is 0.251 e. The number of nitrogen functional groups attached to an aromatic ring is 1. The highest BCUT2D eigenvalue weighted by Gasteiger charge is 2.22. The normalized spacial score (nSPS) is 15.9. The van der Waals surface area contributed by atoms with E-state index in [0.29, 0.717) is 22.9 Å². The Kier molecular flexibility index (Phi) is 6.55. The molecule has 2 fully saturated rings. The Bertz CT molecular complexity index is 1300. The third-order valence-electron chi connectivity index (χ3n) is 6.90. The van der Waals surface area contributed by atoms with Crippen LogP contribution in [0.5, 0.6) is 0 Å². The number of rotatable bonds is 9. The number of anilines is 1. The number of carbonyl (C=O) groups is 1. The van der Waals surface area contributed by atoms with Crippen molar-refractivity contribution in [2.45, 2.75) is 63.5 Å². The minimum Gasteiger partial charge on any atom is -0.382 e. The molecular weight excluding hydrogens is 440 g/mol. The Morgan fingerprint density at radius 1 is 1.14 bits per heavy atom. The van der Waals surface area contributed by atoms with E-state index in [9.17, 15) is 9.59 Å². The summed E-state index contributed by atoms with van der Waals surface area (Å²) in [5, 5.41) is 11.9. The van der Waals surface area contributed by atoms with E-state index < -0.39 is 0 Å². The predicted octanol–water partition coefficient (Wildman–Crippen LogP) is 3.96. The zero-order chi connectivity index (χ0) is 24.4. The van der Waals surface area contributed by atoms with Crippen LogP contribution in [0, 0.1) is 5.41 Å². The first kappa shape index (κ1) is 23.1. The maximum absolute atomic E-state index is 13.0. The van der Waals surface area contributed by atoms with Crippen LogP contribution in [0.4, 0.5) is 5.82 Å². The van der Waals surface area contributed by atoms with Gasteiger partial charge in [0.1, 0.15) is 5.69 Å². The topological polar surface area (TPSA) is 138 Å². The van der Waals surface area contributed by atoms with Gasteiger partial charge in [-0.2, -0.15) is 0 Å². The highest BCUT2D eigenvalue weighted by Crippen LogP contribution is 2.33. The van der Waals surface area contributed by atoms with Gasteiger partial charge in [0.05, 0.1) is 18.3 Å². The molecule has 5 N–H and O–H groups in total. The van der Waals surface area contributed by atoms with Gasteiger partial charge in [0, 0.05) is 35.6 Å². The van der Waals surface area contributed by atoms with Crippen molar-refractivity contribution in [3.05, 3.63) is 75.5 Å². The van der Waals surface area contributed by atoms with E-state index in [1.54, 1.807) is 6.20 Å². The summed E-state index contributed by atoms with van der Waals surface area (Å²) in [5.74, 6) is -0.0758. The van der Waals surface area contributed by atoms with E-state index in [4.69, 9.17) is 11.1 Å². The number of nitrogens with one attached hydrogen (secondary N) is 3.